The molecule has 506 valence electrons. The summed E-state index contributed by atoms with van der Waals surface area (Å²) in [6.07, 6.45) is -1.85. The summed E-state index contributed by atoms with van der Waals surface area (Å²) in [5.41, 5.74) is 1.09. The van der Waals surface area contributed by atoms with Gasteiger partial charge in [0.2, 0.25) is 41.4 Å². The molecule has 8 aliphatic heterocycles. The summed E-state index contributed by atoms with van der Waals surface area (Å²) in [4.78, 5) is 143. The summed E-state index contributed by atoms with van der Waals surface area (Å²) in [6, 6.07) is 6.69. The Kier molecular flexibility index (Phi) is 24.6. The molecule has 92 heavy (non-hydrogen) atoms. The minimum absolute atomic E-state index is 0.0237. The molecule has 7 amide bonds. The van der Waals surface area contributed by atoms with E-state index in [9.17, 15) is 44.1 Å². The minimum Gasteiger partial charge on any atom is -0.458 e. The van der Waals surface area contributed by atoms with Crippen molar-refractivity contribution < 1.29 is 67.9 Å². The van der Waals surface area contributed by atoms with E-state index in [-0.39, 0.29) is 81.5 Å². The van der Waals surface area contributed by atoms with Gasteiger partial charge in [-0.25, -0.2) is 4.79 Å². The zero-order valence-corrected chi connectivity index (χ0v) is 56.3. The van der Waals surface area contributed by atoms with Crippen molar-refractivity contribution in [1.82, 2.24) is 45.8 Å². The molecule has 8 aliphatic rings. The zero-order chi connectivity index (χ0) is 66.2. The van der Waals surface area contributed by atoms with Gasteiger partial charge in [0.25, 0.3) is 0 Å². The van der Waals surface area contributed by atoms with Gasteiger partial charge in [-0.3, -0.25) is 38.4 Å². The molecule has 0 aliphatic carbocycles. The number of hydrogen-bond donors (Lipinski definition) is 7. The van der Waals surface area contributed by atoms with Gasteiger partial charge in [-0.15, -0.1) is 23.4 Å². The average Bonchev–Trinajstić information content (AvgIpc) is 1.06. The van der Waals surface area contributed by atoms with Crippen LogP contribution in [0.5, 0.6) is 0 Å². The highest BCUT2D eigenvalue weighted by Gasteiger charge is 2.51. The third-order valence-electron chi connectivity index (χ3n) is 20.1. The van der Waals surface area contributed by atoms with Crippen LogP contribution < -0.4 is 21.3 Å². The number of Topliss-reactive ketones (excluding diaryl/α,β-unsaturated/α-hetero) is 1. The number of benzene rings is 2. The summed E-state index contributed by atoms with van der Waals surface area (Å²) < 4.78 is 12.1. The number of amides is 7. The maximum Gasteiger partial charge on any atom is 0.333 e. The SMILES string of the molecule is CCC1CC(C(=O)NC(C(C)Cl)C2O[C@H](SC)C(O)[C@H](O)[C@H]2O)CN(CCC(=O)N[C@@H]2C(=O)N[C@@H](CC)C(=O)N3CCC[C@H]3C(=O)N(C)[C@@H](Cc3ccc(C)cc3)C(=O)N3C[C@@H](CSC4CN5CCC4CC5)C(=O)C[C@H]3C(=O)N[C@@H](c3ccccc3)C(=O)O[C@@H]2C)C1. The summed E-state index contributed by atoms with van der Waals surface area (Å²) in [5, 5.41) is 43.1. The maximum atomic E-state index is 15.8. The van der Waals surface area contributed by atoms with E-state index in [0.717, 1.165) is 55.4 Å². The molecule has 18 atom stereocenters. The first-order chi connectivity index (χ1) is 44.0. The van der Waals surface area contributed by atoms with E-state index in [1.165, 1.54) is 28.7 Å². The van der Waals surface area contributed by atoms with Gasteiger partial charge in [0.1, 0.15) is 71.9 Å². The van der Waals surface area contributed by atoms with E-state index in [0.29, 0.717) is 42.7 Å². The fourth-order valence-corrected chi connectivity index (χ4v) is 16.9. The third-order valence-corrected chi connectivity index (χ3v) is 22.8. The molecule has 7 unspecified atom stereocenters. The molecule has 2 aromatic carbocycles. The first kappa shape index (κ1) is 70.9. The number of fused-ring (bicyclic) bond motifs is 5. The summed E-state index contributed by atoms with van der Waals surface area (Å²) in [7, 11) is 1.52. The number of nitrogens with one attached hydrogen (secondary N) is 4. The number of thioether (sulfide) groups is 2. The smallest absolute Gasteiger partial charge is 0.333 e. The van der Waals surface area contributed by atoms with Crippen LogP contribution in [0.4, 0.5) is 0 Å². The Hall–Kier alpha value is -5.38. The fourth-order valence-electron chi connectivity index (χ4n) is 14.4. The van der Waals surface area contributed by atoms with Crippen LogP contribution in [0.15, 0.2) is 54.6 Å². The van der Waals surface area contributed by atoms with Crippen LogP contribution in [0.2, 0.25) is 0 Å². The zero-order valence-electron chi connectivity index (χ0n) is 53.9. The second-order valence-electron chi connectivity index (χ2n) is 26.3. The first-order valence-electron chi connectivity index (χ1n) is 32.8. The normalized spacial score (nSPS) is 34.5. The molecule has 0 aromatic heterocycles. The number of carbonyl (C=O) groups is 9. The molecule has 2 bridgehead atoms. The number of likely N-dealkylation sites (tertiary alicyclic amines) is 1. The number of carbonyl (C=O) groups excluding carboxylic acids is 9. The molecule has 2 aromatic rings. The number of nitrogens with zero attached hydrogens (tertiary/aromatic N) is 5. The number of likely N-dealkylation sites (N-methyl/N-ethyl adjacent to an activating group) is 1. The highest BCUT2D eigenvalue weighted by atomic mass is 35.5. The number of esters is 1. The predicted molar refractivity (Wildman–Crippen MR) is 348 cm³/mol. The Morgan fingerprint density at radius 1 is 0.815 bits per heavy atom. The van der Waals surface area contributed by atoms with Crippen molar-refractivity contribution in [1.29, 1.82) is 0 Å². The number of hydrogen-bond acceptors (Lipinski definition) is 18. The number of rotatable bonds is 17. The van der Waals surface area contributed by atoms with Crippen LogP contribution in [0.3, 0.4) is 0 Å². The fraction of sp³-hybridized carbons (Fsp3) is 0.682. The molecule has 8 saturated heterocycles. The number of ketones is 1. The van der Waals surface area contributed by atoms with Crippen LogP contribution in [-0.2, 0) is 59.0 Å². The van der Waals surface area contributed by atoms with E-state index in [2.05, 4.69) is 26.2 Å². The molecule has 8 fully saturated rings. The molecule has 8 heterocycles. The molecule has 23 nitrogen and oxygen atoms in total. The highest BCUT2D eigenvalue weighted by Crippen LogP contribution is 2.38. The molecule has 0 saturated carbocycles. The first-order valence-corrected chi connectivity index (χ1v) is 35.6. The number of halogens is 1. The Balaban J connectivity index is 0.987. The lowest BCUT2D eigenvalue weighted by Crippen LogP contribution is -2.65. The average molecular weight is 1340 g/mol. The number of ether oxygens (including phenoxy) is 2. The Morgan fingerprint density at radius 2 is 1.53 bits per heavy atom. The number of piperidine rings is 5. The second kappa shape index (κ2) is 31.9. The molecule has 0 radical (unpaired) electrons. The Labute approximate surface area is 553 Å². The van der Waals surface area contributed by atoms with Crippen LogP contribution in [-0.4, -0.2) is 247 Å². The molecular weight excluding hydrogens is 1240 g/mol. The summed E-state index contributed by atoms with van der Waals surface area (Å²) >= 11 is 9.49. The second-order valence-corrected chi connectivity index (χ2v) is 29.2. The lowest BCUT2D eigenvalue weighted by molar-refractivity contribution is -0.205. The van der Waals surface area contributed by atoms with E-state index >= 15 is 14.4 Å². The number of aliphatic hydroxyl groups is 3. The Bertz CT molecular complexity index is 2950. The Morgan fingerprint density at radius 3 is 2.18 bits per heavy atom. The van der Waals surface area contributed by atoms with Gasteiger partial charge < -0.3 is 70.6 Å². The lowest BCUT2D eigenvalue weighted by atomic mass is 9.86. The van der Waals surface area contributed by atoms with Crippen LogP contribution in [0, 0.1) is 30.6 Å². The number of cyclic esters (lactones) is 1. The predicted octanol–water partition coefficient (Wildman–Crippen LogP) is 2.17. The molecule has 10 rings (SSSR count). The molecular formula is C66H94ClN9O14S2. The largest absolute Gasteiger partial charge is 0.458 e. The topological polar surface area (TPSA) is 297 Å². The van der Waals surface area contributed by atoms with Crippen LogP contribution >= 0.6 is 35.1 Å². The van der Waals surface area contributed by atoms with Gasteiger partial charge in [-0.1, -0.05) is 80.4 Å². The van der Waals surface area contributed by atoms with Crippen molar-refractivity contribution in [2.75, 3.05) is 71.4 Å². The van der Waals surface area contributed by atoms with Crippen LogP contribution in [0.25, 0.3) is 0 Å². The third kappa shape index (κ3) is 16.6. The van der Waals surface area contributed by atoms with Gasteiger partial charge >= 0.3 is 5.97 Å². The van der Waals surface area contributed by atoms with Crippen molar-refractivity contribution in [3.8, 4) is 0 Å². The molecule has 7 N–H and O–H groups in total. The van der Waals surface area contributed by atoms with E-state index < -0.39 is 137 Å². The van der Waals surface area contributed by atoms with Crippen molar-refractivity contribution in [2.24, 2.45) is 23.7 Å². The highest BCUT2D eigenvalue weighted by molar-refractivity contribution is 8.00. The lowest BCUT2D eigenvalue weighted by Gasteiger charge is -2.45. The van der Waals surface area contributed by atoms with E-state index in [4.69, 9.17) is 21.1 Å². The van der Waals surface area contributed by atoms with Crippen molar-refractivity contribution in [3.05, 3.63) is 71.3 Å². The van der Waals surface area contributed by atoms with Gasteiger partial charge in [0, 0.05) is 82.5 Å². The monoisotopic (exact) mass is 1340 g/mol. The van der Waals surface area contributed by atoms with E-state index in [1.54, 1.807) is 62.2 Å². The maximum absolute atomic E-state index is 15.8. The molecule has 0 spiro atoms. The van der Waals surface area contributed by atoms with Crippen molar-refractivity contribution in [3.63, 3.8) is 0 Å². The van der Waals surface area contributed by atoms with Crippen molar-refractivity contribution in [2.45, 2.75) is 188 Å². The van der Waals surface area contributed by atoms with Gasteiger partial charge in [0.15, 0.2) is 6.04 Å². The number of alkyl halides is 1. The number of aryl methyl sites for hydroxylation is 1. The summed E-state index contributed by atoms with van der Waals surface area (Å²) in [6.45, 7) is 12.6. The number of aliphatic hydroxyl groups excluding tert-OH is 3. The van der Waals surface area contributed by atoms with E-state index in [1.807, 2.05) is 43.0 Å². The van der Waals surface area contributed by atoms with Crippen LogP contribution in [0.1, 0.15) is 108 Å². The van der Waals surface area contributed by atoms with Gasteiger partial charge in [-0.05, 0) is 102 Å². The van der Waals surface area contributed by atoms with Gasteiger partial charge in [0.05, 0.1) is 17.3 Å². The summed E-state index contributed by atoms with van der Waals surface area (Å²) in [5.74, 6) is -5.94. The molecule has 26 heteroatoms. The minimum atomic E-state index is -1.63. The van der Waals surface area contributed by atoms with Crippen molar-refractivity contribution >= 4 is 88.2 Å². The van der Waals surface area contributed by atoms with Gasteiger partial charge in [-0.2, -0.15) is 11.8 Å². The standard InChI is InChI=1S/C66H94ClN9O14S2/c1-8-39-28-43(59(82)70-52(37(4)67)58-56(80)55(79)57(81)66(90-58)91-7)32-74(31-39)27-23-51(78)69-53-38(5)89-65(88)54(42-14-11-10-12-15-42)71-60(83)47-30-49(77)44(35-92-50-34-73-25-21-41(50)22-26-73)33-76(47)64(87)48(29-40-19-17-36(3)18-20-40)72(6)63(86)46-16-13-24-75(46)62(85)45(9-2)68-61(53)84/h10-12,14-15,17-20,37-39,41,43-48,50,52-58,66,79-81H,8-9,13,16,21-35H2,1-7H3,(H,68,84)(H,69,78)(H,70,82)(H,71,83)/t37?,38-,39?,43?,44+,45+,46+,47+,48+,50?,52?,53+,54+,55-,56-,57?,58?,66-/m1/s1. The quantitative estimate of drug-likeness (QED) is 0.0882.